The van der Waals surface area contributed by atoms with Gasteiger partial charge in [-0.05, 0) is 66.8 Å². The van der Waals surface area contributed by atoms with Crippen LogP contribution in [0.1, 0.15) is 5.76 Å². The van der Waals surface area contributed by atoms with Crippen molar-refractivity contribution in [3.63, 3.8) is 0 Å². The summed E-state index contributed by atoms with van der Waals surface area (Å²) in [5, 5.41) is 0.623. The van der Waals surface area contributed by atoms with Crippen molar-refractivity contribution in [2.45, 2.75) is 0 Å². The van der Waals surface area contributed by atoms with Gasteiger partial charge < -0.3 is 4.42 Å². The molecule has 0 aliphatic carbocycles. The predicted octanol–water partition coefficient (Wildman–Crippen LogP) is 6.35. The first-order chi connectivity index (χ1) is 16.5. The van der Waals surface area contributed by atoms with Crippen LogP contribution in [0.15, 0.2) is 107 Å². The molecule has 3 aromatic carbocycles. The van der Waals surface area contributed by atoms with Gasteiger partial charge >= 0.3 is 0 Å². The van der Waals surface area contributed by atoms with Crippen molar-refractivity contribution in [3.05, 3.63) is 113 Å². The summed E-state index contributed by atoms with van der Waals surface area (Å²) < 4.78 is 5.92. The van der Waals surface area contributed by atoms with Crippen molar-refractivity contribution < 1.29 is 14.0 Å². The van der Waals surface area contributed by atoms with E-state index in [1.54, 1.807) is 66.7 Å². The van der Waals surface area contributed by atoms with E-state index in [0.717, 1.165) is 0 Å². The number of nitrogens with zero attached hydrogens (tertiary/aromatic N) is 2. The molecule has 0 N–H and O–H groups in total. The molecule has 0 atom stereocenters. The fourth-order valence-corrected chi connectivity index (χ4v) is 4.32. The predicted molar refractivity (Wildman–Crippen MR) is 138 cm³/mol. The van der Waals surface area contributed by atoms with Gasteiger partial charge in [0.15, 0.2) is 5.11 Å². The van der Waals surface area contributed by atoms with E-state index in [0.29, 0.717) is 33.5 Å². The molecule has 0 unspecified atom stereocenters. The number of hydrogen-bond acceptors (Lipinski definition) is 4. The second-order valence-corrected chi connectivity index (χ2v) is 8.25. The van der Waals surface area contributed by atoms with Crippen LogP contribution in [0.3, 0.4) is 0 Å². The Labute approximate surface area is 206 Å². The number of thiocarbonyl (C=S) groups is 1. The van der Waals surface area contributed by atoms with Gasteiger partial charge in [-0.15, -0.1) is 0 Å². The van der Waals surface area contributed by atoms with E-state index in [-0.39, 0.29) is 10.7 Å². The first kappa shape index (κ1) is 21.8. The molecular formula is C27H17ClN2O3S. The van der Waals surface area contributed by atoms with Gasteiger partial charge in [-0.3, -0.25) is 19.4 Å². The summed E-state index contributed by atoms with van der Waals surface area (Å²) in [6, 6.07) is 28.7. The maximum atomic E-state index is 13.5. The number of amides is 2. The SMILES string of the molecule is O=C1C(=Cc2ccc(-c3ccccc3Cl)o2)C(=O)N(c2ccccc2)C(=S)N1c1ccccc1. The molecule has 2 heterocycles. The molecule has 1 aromatic heterocycles. The molecule has 1 saturated heterocycles. The highest BCUT2D eigenvalue weighted by Crippen LogP contribution is 2.32. The molecule has 0 spiro atoms. The maximum Gasteiger partial charge on any atom is 0.270 e. The van der Waals surface area contributed by atoms with E-state index in [1.165, 1.54) is 15.9 Å². The van der Waals surface area contributed by atoms with Crippen LogP contribution in [0.4, 0.5) is 11.4 Å². The van der Waals surface area contributed by atoms with Crippen LogP contribution in [0.2, 0.25) is 5.02 Å². The Bertz CT molecular complexity index is 1370. The van der Waals surface area contributed by atoms with Crippen LogP contribution in [0.5, 0.6) is 0 Å². The second-order valence-electron chi connectivity index (χ2n) is 7.47. The first-order valence-electron chi connectivity index (χ1n) is 10.4. The van der Waals surface area contributed by atoms with Crippen molar-refractivity contribution >= 4 is 58.2 Å². The summed E-state index contributed by atoms with van der Waals surface area (Å²) in [7, 11) is 0. The van der Waals surface area contributed by atoms with E-state index in [9.17, 15) is 9.59 Å². The lowest BCUT2D eigenvalue weighted by molar-refractivity contribution is -0.120. The molecule has 0 radical (unpaired) electrons. The Balaban J connectivity index is 1.60. The van der Waals surface area contributed by atoms with Crippen molar-refractivity contribution in [2.75, 3.05) is 9.80 Å². The van der Waals surface area contributed by atoms with Crippen molar-refractivity contribution in [1.82, 2.24) is 0 Å². The van der Waals surface area contributed by atoms with Crippen LogP contribution < -0.4 is 9.80 Å². The van der Waals surface area contributed by atoms with Gasteiger partial charge in [0.2, 0.25) is 0 Å². The molecule has 0 bridgehead atoms. The number of carbonyl (C=O) groups is 2. The highest BCUT2D eigenvalue weighted by molar-refractivity contribution is 7.81. The molecule has 1 fully saturated rings. The molecule has 1 aliphatic heterocycles. The quantitative estimate of drug-likeness (QED) is 0.192. The molecule has 166 valence electrons. The molecule has 34 heavy (non-hydrogen) atoms. The maximum absolute atomic E-state index is 13.5. The van der Waals surface area contributed by atoms with Crippen LogP contribution in [-0.2, 0) is 9.59 Å². The summed E-state index contributed by atoms with van der Waals surface area (Å²) in [4.78, 5) is 29.7. The highest BCUT2D eigenvalue weighted by atomic mass is 35.5. The van der Waals surface area contributed by atoms with E-state index < -0.39 is 11.8 Å². The molecule has 0 saturated carbocycles. The number of furan rings is 1. The fraction of sp³-hybridized carbons (Fsp3) is 0. The largest absolute Gasteiger partial charge is 0.457 e. The normalized spacial score (nSPS) is 14.0. The van der Waals surface area contributed by atoms with Gasteiger partial charge in [0.25, 0.3) is 11.8 Å². The van der Waals surface area contributed by atoms with E-state index in [2.05, 4.69) is 0 Å². The Morgan fingerprint density at radius 1 is 0.706 bits per heavy atom. The molecule has 1 aliphatic rings. The van der Waals surface area contributed by atoms with Gasteiger partial charge in [-0.1, -0.05) is 60.1 Å². The number of hydrogen-bond donors (Lipinski definition) is 0. The molecular weight excluding hydrogens is 468 g/mol. The molecule has 7 heteroatoms. The standard InChI is InChI=1S/C27H17ClN2O3S/c28-23-14-8-7-13-21(23)24-16-15-20(33-24)17-22-25(31)29(18-9-3-1-4-10-18)27(34)30(26(22)32)19-11-5-2-6-12-19/h1-17H. The van der Waals surface area contributed by atoms with Gasteiger partial charge in [-0.25, -0.2) is 0 Å². The minimum absolute atomic E-state index is 0.0682. The van der Waals surface area contributed by atoms with E-state index >= 15 is 0 Å². The van der Waals surface area contributed by atoms with E-state index in [1.807, 2.05) is 30.3 Å². The summed E-state index contributed by atoms with van der Waals surface area (Å²) in [5.74, 6) is -0.169. The lowest BCUT2D eigenvalue weighted by atomic mass is 10.1. The second kappa shape index (κ2) is 9.09. The monoisotopic (exact) mass is 484 g/mol. The topological polar surface area (TPSA) is 53.8 Å². The zero-order valence-electron chi connectivity index (χ0n) is 17.7. The highest BCUT2D eigenvalue weighted by Gasteiger charge is 2.41. The summed E-state index contributed by atoms with van der Waals surface area (Å²) in [6.07, 6.45) is 1.44. The van der Waals surface area contributed by atoms with Gasteiger partial charge in [0, 0.05) is 5.56 Å². The minimum Gasteiger partial charge on any atom is -0.457 e. The number of benzene rings is 3. The Morgan fingerprint density at radius 2 is 1.24 bits per heavy atom. The lowest BCUT2D eigenvalue weighted by Crippen LogP contribution is -2.56. The number of halogens is 1. The number of carbonyl (C=O) groups excluding carboxylic acids is 2. The smallest absolute Gasteiger partial charge is 0.270 e. The summed E-state index contributed by atoms with van der Waals surface area (Å²) >= 11 is 11.9. The number of para-hydroxylation sites is 2. The third-order valence-electron chi connectivity index (χ3n) is 5.33. The van der Waals surface area contributed by atoms with Crippen LogP contribution in [0.25, 0.3) is 17.4 Å². The Hall–Kier alpha value is -4.00. The van der Waals surface area contributed by atoms with Crippen LogP contribution in [-0.4, -0.2) is 16.9 Å². The lowest BCUT2D eigenvalue weighted by Gasteiger charge is -2.36. The van der Waals surface area contributed by atoms with Gasteiger partial charge in [0.05, 0.1) is 16.4 Å². The first-order valence-corrected chi connectivity index (χ1v) is 11.2. The van der Waals surface area contributed by atoms with Crippen LogP contribution >= 0.6 is 23.8 Å². The minimum atomic E-state index is -0.524. The molecule has 5 nitrogen and oxygen atoms in total. The van der Waals surface area contributed by atoms with Gasteiger partial charge in [0.1, 0.15) is 17.1 Å². The fourth-order valence-electron chi connectivity index (χ4n) is 3.72. The summed E-state index contributed by atoms with van der Waals surface area (Å²) in [5.41, 5.74) is 1.77. The van der Waals surface area contributed by atoms with Crippen molar-refractivity contribution in [2.24, 2.45) is 0 Å². The molecule has 4 aromatic rings. The number of anilines is 2. The van der Waals surface area contributed by atoms with Crippen LogP contribution in [0, 0.1) is 0 Å². The zero-order chi connectivity index (χ0) is 23.7. The van der Waals surface area contributed by atoms with Crippen molar-refractivity contribution in [1.29, 1.82) is 0 Å². The summed E-state index contributed by atoms with van der Waals surface area (Å²) in [6.45, 7) is 0. The van der Waals surface area contributed by atoms with Crippen molar-refractivity contribution in [3.8, 4) is 11.3 Å². The average molecular weight is 485 g/mol. The van der Waals surface area contributed by atoms with E-state index in [4.69, 9.17) is 28.2 Å². The Kier molecular flexibility index (Phi) is 5.84. The third kappa shape index (κ3) is 3.94. The number of rotatable bonds is 4. The van der Waals surface area contributed by atoms with Gasteiger partial charge in [-0.2, -0.15) is 0 Å². The average Bonchev–Trinajstić information content (AvgIpc) is 3.32. The Morgan fingerprint density at radius 3 is 1.79 bits per heavy atom. The third-order valence-corrected chi connectivity index (χ3v) is 6.03. The zero-order valence-corrected chi connectivity index (χ0v) is 19.3. The molecule has 2 amide bonds. The molecule has 5 rings (SSSR count).